The summed E-state index contributed by atoms with van der Waals surface area (Å²) in [7, 11) is 0. The molecule has 14 rings (SSSR count). The number of fused-ring (bicyclic) bond motifs is 8. The summed E-state index contributed by atoms with van der Waals surface area (Å²) < 4.78 is 0. The number of anilines is 6. The van der Waals surface area contributed by atoms with E-state index in [-0.39, 0.29) is 0 Å². The fourth-order valence-electron chi connectivity index (χ4n) is 11.9. The topological polar surface area (TPSA) is 6.48 Å². The van der Waals surface area contributed by atoms with Gasteiger partial charge < -0.3 is 9.80 Å². The van der Waals surface area contributed by atoms with E-state index in [1.165, 1.54) is 66.8 Å². The number of rotatable bonds is 8. The van der Waals surface area contributed by atoms with Crippen LogP contribution in [0.25, 0.3) is 66.8 Å². The van der Waals surface area contributed by atoms with Crippen molar-refractivity contribution in [1.29, 1.82) is 0 Å². The van der Waals surface area contributed by atoms with Crippen LogP contribution in [-0.2, 0) is 5.41 Å². The molecule has 0 saturated heterocycles. The quantitative estimate of drug-likeness (QED) is 0.150. The molecule has 75 heavy (non-hydrogen) atoms. The van der Waals surface area contributed by atoms with Gasteiger partial charge in [-0.3, -0.25) is 0 Å². The van der Waals surface area contributed by atoms with Gasteiger partial charge in [-0.2, -0.15) is 0 Å². The smallest absolute Gasteiger partial charge is 0.0783 e. The maximum atomic E-state index is 2.52. The first-order chi connectivity index (χ1) is 37.2. The number of hydrogen-bond donors (Lipinski definition) is 0. The normalized spacial score (nSPS) is 12.9. The van der Waals surface area contributed by atoms with Gasteiger partial charge >= 0.3 is 0 Å². The molecule has 1 spiro atoms. The molecule has 0 aliphatic carbocycles. The molecule has 0 aromatic heterocycles. The summed E-state index contributed by atoms with van der Waals surface area (Å²) in [5.41, 5.74) is 24.8. The molecule has 352 valence electrons. The predicted octanol–water partition coefficient (Wildman–Crippen LogP) is 19.6. The van der Waals surface area contributed by atoms with Gasteiger partial charge in [0.15, 0.2) is 0 Å². The Morgan fingerprint density at radius 3 is 0.587 bits per heavy atom. The minimum atomic E-state index is -0.860. The van der Waals surface area contributed by atoms with Crippen molar-refractivity contribution in [1.82, 2.24) is 0 Å². The highest BCUT2D eigenvalue weighted by atomic mass is 15.2. The van der Waals surface area contributed by atoms with E-state index in [1.54, 1.807) is 0 Å². The zero-order chi connectivity index (χ0) is 49.7. The summed E-state index contributed by atoms with van der Waals surface area (Å²) in [6, 6.07) is 112. The largest absolute Gasteiger partial charge is 0.310 e. The molecule has 2 heterocycles. The first-order valence-electron chi connectivity index (χ1n) is 25.9. The second-order valence-corrected chi connectivity index (χ2v) is 19.6. The van der Waals surface area contributed by atoms with Crippen molar-refractivity contribution in [3.8, 4) is 66.8 Å². The Kier molecular flexibility index (Phi) is 10.8. The van der Waals surface area contributed by atoms with Crippen LogP contribution in [0.2, 0.25) is 0 Å². The lowest BCUT2D eigenvalue weighted by molar-refractivity contribution is 0.720. The molecule has 0 fully saturated rings. The van der Waals surface area contributed by atoms with Crippen LogP contribution in [0.5, 0.6) is 0 Å². The maximum absolute atomic E-state index is 2.52. The van der Waals surface area contributed by atoms with Gasteiger partial charge in [-0.25, -0.2) is 0 Å². The highest BCUT2D eigenvalue weighted by molar-refractivity contribution is 6.00. The van der Waals surface area contributed by atoms with E-state index in [4.69, 9.17) is 0 Å². The van der Waals surface area contributed by atoms with Crippen LogP contribution in [-0.4, -0.2) is 0 Å². The third kappa shape index (κ3) is 7.49. The first kappa shape index (κ1) is 44.0. The Bertz CT molecular complexity index is 3550. The van der Waals surface area contributed by atoms with Crippen molar-refractivity contribution in [2.24, 2.45) is 0 Å². The molecule has 0 radical (unpaired) electrons. The van der Waals surface area contributed by atoms with E-state index in [9.17, 15) is 0 Å². The summed E-state index contributed by atoms with van der Waals surface area (Å²) in [4.78, 5) is 5.04. The molecule has 2 aliphatic rings. The van der Waals surface area contributed by atoms with Gasteiger partial charge in [-0.05, 0) is 162 Å². The van der Waals surface area contributed by atoms with Crippen LogP contribution in [0, 0.1) is 0 Å². The summed E-state index contributed by atoms with van der Waals surface area (Å²) in [5.74, 6) is 0. The van der Waals surface area contributed by atoms with Gasteiger partial charge in [-0.1, -0.05) is 231 Å². The highest BCUT2D eigenvalue weighted by Gasteiger charge is 2.52. The molecule has 2 nitrogen and oxygen atoms in total. The Balaban J connectivity index is 1.13. The van der Waals surface area contributed by atoms with Crippen molar-refractivity contribution < 1.29 is 0 Å². The van der Waals surface area contributed by atoms with Crippen LogP contribution in [0.15, 0.2) is 303 Å². The van der Waals surface area contributed by atoms with Crippen LogP contribution >= 0.6 is 0 Å². The van der Waals surface area contributed by atoms with E-state index < -0.39 is 5.41 Å². The molecule has 0 atom stereocenters. The SMILES string of the molecule is c1ccc(-c2ccc(N3c4ccc(-c5ccccc5)cc4C4(c5cc(-c6ccccc6)ccc53)c3cc(-c5ccccc5)ccc3N(c3ccc(-c5ccccc5)cc3)c3ccc(-c5ccccc5)cc34)cc2)cc1. The molecule has 2 aliphatic heterocycles. The van der Waals surface area contributed by atoms with Crippen LogP contribution in [0.1, 0.15) is 22.3 Å². The van der Waals surface area contributed by atoms with E-state index >= 15 is 0 Å². The van der Waals surface area contributed by atoms with Gasteiger partial charge in [0, 0.05) is 11.4 Å². The molecular weight excluding hydrogens is 905 g/mol. The van der Waals surface area contributed by atoms with E-state index in [1.807, 2.05) is 0 Å². The van der Waals surface area contributed by atoms with E-state index in [0.717, 1.165) is 56.4 Å². The molecule has 0 bridgehead atoms. The second-order valence-electron chi connectivity index (χ2n) is 19.6. The Morgan fingerprint density at radius 2 is 0.360 bits per heavy atom. The fraction of sp³-hybridized carbons (Fsp3) is 0.0137. The molecule has 0 amide bonds. The Labute approximate surface area is 439 Å². The summed E-state index contributed by atoms with van der Waals surface area (Å²) in [5, 5.41) is 0. The predicted molar refractivity (Wildman–Crippen MR) is 314 cm³/mol. The van der Waals surface area contributed by atoms with Crippen molar-refractivity contribution in [3.05, 3.63) is 326 Å². The van der Waals surface area contributed by atoms with Gasteiger partial charge in [0.25, 0.3) is 0 Å². The zero-order valence-corrected chi connectivity index (χ0v) is 41.3. The standard InChI is InChI=1S/C73H50N2/c1-7-19-51(20-8-1)57-31-39-63(40-32-57)74-69-43-35-59(53-23-11-3-12-24-53)47-65(69)73(66-48-60(36-44-70(66)74)54-25-13-4-14-26-54)67-49-61(55-27-15-5-16-28-55)37-45-71(67)75(64-41-33-58(34-42-64)52-21-9-2-10-22-52)72-46-38-62(50-68(72)73)56-29-17-6-18-30-56/h1-50H. The van der Waals surface area contributed by atoms with E-state index in [2.05, 4.69) is 313 Å². The minimum absolute atomic E-state index is 0.860. The highest BCUT2D eigenvalue weighted by Crippen LogP contribution is 2.65. The van der Waals surface area contributed by atoms with Crippen molar-refractivity contribution in [2.45, 2.75) is 5.41 Å². The lowest BCUT2D eigenvalue weighted by Gasteiger charge is -2.52. The zero-order valence-electron chi connectivity index (χ0n) is 41.3. The second kappa shape index (κ2) is 18.4. The van der Waals surface area contributed by atoms with Crippen LogP contribution in [0.4, 0.5) is 34.1 Å². The molecule has 0 N–H and O–H groups in total. The number of benzene rings is 12. The van der Waals surface area contributed by atoms with Crippen molar-refractivity contribution >= 4 is 34.1 Å². The van der Waals surface area contributed by atoms with Gasteiger partial charge in [0.2, 0.25) is 0 Å². The van der Waals surface area contributed by atoms with Crippen LogP contribution < -0.4 is 9.80 Å². The molecule has 2 heteroatoms. The van der Waals surface area contributed by atoms with E-state index in [0.29, 0.717) is 0 Å². The number of hydrogen-bond acceptors (Lipinski definition) is 2. The maximum Gasteiger partial charge on any atom is 0.0783 e. The van der Waals surface area contributed by atoms with Crippen molar-refractivity contribution in [3.63, 3.8) is 0 Å². The lowest BCUT2D eigenvalue weighted by Crippen LogP contribution is -2.42. The summed E-state index contributed by atoms with van der Waals surface area (Å²) in [6.07, 6.45) is 0. The first-order valence-corrected chi connectivity index (χ1v) is 25.9. The van der Waals surface area contributed by atoms with Gasteiger partial charge in [0.05, 0.1) is 28.2 Å². The third-order valence-electron chi connectivity index (χ3n) is 15.5. The molecule has 12 aromatic carbocycles. The molecule has 12 aromatic rings. The average molecular weight is 955 g/mol. The van der Waals surface area contributed by atoms with Crippen molar-refractivity contribution in [2.75, 3.05) is 9.80 Å². The Hall–Kier alpha value is -9.76. The van der Waals surface area contributed by atoms with Gasteiger partial charge in [-0.15, -0.1) is 0 Å². The Morgan fingerprint density at radius 1 is 0.173 bits per heavy atom. The number of nitrogens with zero attached hydrogens (tertiary/aromatic N) is 2. The fourth-order valence-corrected chi connectivity index (χ4v) is 11.9. The monoisotopic (exact) mass is 954 g/mol. The average Bonchev–Trinajstić information content (AvgIpc) is 3.50. The minimum Gasteiger partial charge on any atom is -0.310 e. The summed E-state index contributed by atoms with van der Waals surface area (Å²) in [6.45, 7) is 0. The van der Waals surface area contributed by atoms with Gasteiger partial charge in [0.1, 0.15) is 0 Å². The molecular formula is C73H50N2. The molecule has 0 unspecified atom stereocenters. The van der Waals surface area contributed by atoms with Crippen LogP contribution in [0.3, 0.4) is 0 Å². The molecule has 0 saturated carbocycles. The summed E-state index contributed by atoms with van der Waals surface area (Å²) >= 11 is 0. The lowest BCUT2D eigenvalue weighted by atomic mass is 9.59. The third-order valence-corrected chi connectivity index (χ3v) is 15.5.